The summed E-state index contributed by atoms with van der Waals surface area (Å²) < 4.78 is 191. The molecular weight excluding hydrogens is 1930 g/mol. The Morgan fingerprint density at radius 2 is 0.672 bits per heavy atom. The summed E-state index contributed by atoms with van der Waals surface area (Å²) in [5.74, 6) is -1.44. The number of phosphoric acid groups is 6. The predicted molar refractivity (Wildman–Crippen MR) is 458 cm³/mol. The van der Waals surface area contributed by atoms with Crippen molar-refractivity contribution in [2.45, 2.75) is 154 Å². The van der Waals surface area contributed by atoms with E-state index in [1.807, 2.05) is 0 Å². The van der Waals surface area contributed by atoms with Gasteiger partial charge in [-0.05, 0) is 75.6 Å². The number of nitrogens with zero attached hydrogens (tertiary/aromatic N) is 3. The Hall–Kier alpha value is -4.70. The number of carbonyl (C=O) groups excluding carboxylic acids is 6. The second-order valence-corrected chi connectivity index (χ2v) is 37.4. The van der Waals surface area contributed by atoms with Crippen LogP contribution in [0.2, 0.25) is 0 Å². The first kappa shape index (κ1) is 123. The van der Waals surface area contributed by atoms with Gasteiger partial charge in [0.2, 0.25) is 5.91 Å². The molecule has 3 amide bonds. The van der Waals surface area contributed by atoms with Crippen LogP contribution in [-0.4, -0.2) is 348 Å². The molecule has 3 fully saturated rings. The fourth-order valence-corrected chi connectivity index (χ4v) is 17.0. The first-order valence-electron chi connectivity index (χ1n) is 42.6. The molecule has 2 aromatic rings. The molecule has 54 nitrogen and oxygen atoms in total. The molecule has 5 rings (SSSR count). The number of Topliss-reactive ketones (excluding diaryl/α,β-unsaturated/α-hetero) is 2. The highest BCUT2D eigenvalue weighted by molar-refractivity contribution is 7.67. The van der Waals surface area contributed by atoms with Gasteiger partial charge in [0.15, 0.2) is 0 Å². The fourth-order valence-electron chi connectivity index (χ4n) is 11.0. The molecule has 60 heteroatoms. The summed E-state index contributed by atoms with van der Waals surface area (Å²) in [6.45, 7) is 16.6. The number of aliphatic hydroxyl groups is 2. The van der Waals surface area contributed by atoms with Gasteiger partial charge in [0.25, 0.3) is 22.9 Å². The Kier molecular flexibility index (Phi) is 66.0. The molecule has 134 heavy (non-hydrogen) atoms. The van der Waals surface area contributed by atoms with Crippen LogP contribution in [0.15, 0.2) is 46.2 Å². The van der Waals surface area contributed by atoms with Gasteiger partial charge in [-0.1, -0.05) is 0 Å². The van der Waals surface area contributed by atoms with Gasteiger partial charge in [-0.3, -0.25) is 42.2 Å². The largest absolute Gasteiger partial charge is 0.490 e. The molecule has 3 aliphatic heterocycles. The zero-order valence-electron chi connectivity index (χ0n) is 74.8. The number of nitrogens with one attached hydrogen (secondary N) is 1. The SMILES string of the molecule is CC(=O)CCCOCCOCCOCCOCCOCCOCCOCCOCCCCC(=O)NCc1ccn([C@H]2C[C@H](O)[C@@H](COP(=O)(O)OP(=O)(O)OP(=O)(O)O)O2)c(=O)c1.CC(=O)CCCOCCOCCOCCOCCOCCOCCOCCOCCCCC(=O)ON1C(=O)CCC1=O.NCc1ccn([C@H]2C[C@H](O)[C@@H](COP(=O)(O)OP(=O)(O)OP(=O)(O)O)O2)c(=O)c1. The van der Waals surface area contributed by atoms with Crippen molar-refractivity contribution < 1.29 is 222 Å². The molecule has 0 radical (unpaired) electrons. The van der Waals surface area contributed by atoms with Crippen LogP contribution in [0, 0.1) is 0 Å². The van der Waals surface area contributed by atoms with E-state index in [9.17, 15) is 90.6 Å². The molecule has 5 heterocycles. The molecule has 2 aromatic heterocycles. The van der Waals surface area contributed by atoms with Gasteiger partial charge >= 0.3 is 52.9 Å². The van der Waals surface area contributed by atoms with Crippen LogP contribution in [0.4, 0.5) is 0 Å². The van der Waals surface area contributed by atoms with Crippen molar-refractivity contribution in [1.82, 2.24) is 19.5 Å². The Balaban J connectivity index is 0.000000559. The fraction of sp³-hybridized carbons (Fsp3) is 0.784. The van der Waals surface area contributed by atoms with Gasteiger partial charge < -0.3 is 160 Å². The highest BCUT2D eigenvalue weighted by atomic mass is 31.3. The van der Waals surface area contributed by atoms with E-state index in [0.717, 1.165) is 22.0 Å². The number of imide groups is 1. The third kappa shape index (κ3) is 64.6. The lowest BCUT2D eigenvalue weighted by molar-refractivity contribution is -0.197. The highest BCUT2D eigenvalue weighted by Gasteiger charge is 2.45. The minimum atomic E-state index is -5.72. The van der Waals surface area contributed by atoms with Crippen molar-refractivity contribution in [1.29, 1.82) is 0 Å². The number of amides is 3. The summed E-state index contributed by atoms with van der Waals surface area (Å²) >= 11 is 0. The molecule has 776 valence electrons. The number of ether oxygens (including phenoxy) is 18. The smallest absolute Gasteiger partial charge is 0.390 e. The Bertz CT molecular complexity index is 4040. The number of unbranched alkanes of at least 4 members (excludes halogenated alkanes) is 2. The lowest BCUT2D eigenvalue weighted by Crippen LogP contribution is -2.31. The van der Waals surface area contributed by atoms with Gasteiger partial charge in [-0.25, -0.2) is 32.2 Å². The Morgan fingerprint density at radius 1 is 0.388 bits per heavy atom. The number of hydrogen-bond acceptors (Lipinski definition) is 42. The molecule has 0 bridgehead atoms. The molecular formula is C74H131N5O49P6. The number of aliphatic hydroxyl groups excluding tert-OH is 2. The van der Waals surface area contributed by atoms with E-state index in [2.05, 4.69) is 31.6 Å². The van der Waals surface area contributed by atoms with Crippen LogP contribution in [0.25, 0.3) is 0 Å². The molecule has 0 saturated carbocycles. The standard InChI is InChI=1S/C35H63N2O23P3.C28H49NO13.C11H19N2O13P3/c1-29(38)5-4-10-50-12-14-52-16-18-54-20-22-56-24-23-55-21-19-53-17-15-51-13-11-49-9-3-2-6-33(40)36-27-30-7-8-37(34(41)25-30)35-26-31(39)32(58-35)28-57-62(45,46)60-63(47,48)59-61(42,43)44;1-25(30)5-4-10-35-12-14-37-16-18-39-20-22-41-24-23-40-21-19-38-17-15-36-13-11-34-9-3-2-6-28(33)42-29-26(31)7-8-27(29)32;12-5-7-1-2-13(10(15)3-7)11-4-8(14)9(24-11)6-23-28(19,20)26-29(21,22)25-27(16,17)18/h7-8,25,31-32,35,39H,2-6,9-24,26-28H2,1H3,(H,36,40)(H,45,46)(H,47,48)(H2,42,43,44);2-24H2,1H3;1-3,8-9,11,14H,4-6,12H2,(H,19,20)(H,21,22)(H2,16,17,18)/t31-,32+,35+;;8-,9+,11+/m0.0/s1. The zero-order valence-corrected chi connectivity index (χ0v) is 80.1. The average molecular weight is 2060 g/mol. The van der Waals surface area contributed by atoms with E-state index in [-0.39, 0.29) is 69.1 Å². The van der Waals surface area contributed by atoms with Crippen molar-refractivity contribution in [2.75, 3.05) is 225 Å². The number of aromatic nitrogens is 2. The van der Waals surface area contributed by atoms with Gasteiger partial charge in [-0.2, -0.15) is 17.2 Å². The lowest BCUT2D eigenvalue weighted by Gasteiger charge is -2.19. The number of hydroxylamine groups is 2. The molecule has 0 aromatic carbocycles. The van der Waals surface area contributed by atoms with E-state index < -0.39 is 126 Å². The molecule has 13 N–H and O–H groups in total. The van der Waals surface area contributed by atoms with E-state index >= 15 is 0 Å². The second-order valence-electron chi connectivity index (χ2n) is 28.5. The van der Waals surface area contributed by atoms with E-state index in [4.69, 9.17) is 120 Å². The normalized spacial score (nSPS) is 18.7. The summed E-state index contributed by atoms with van der Waals surface area (Å²) in [6.07, 6.45) is 0.980. The van der Waals surface area contributed by atoms with Gasteiger partial charge in [0.05, 0.1) is 210 Å². The molecule has 10 atom stereocenters. The average Bonchev–Trinajstić information content (AvgIpc) is 1.66. The maximum atomic E-state index is 12.8. The van der Waals surface area contributed by atoms with Crippen molar-refractivity contribution in [3.05, 3.63) is 68.5 Å². The molecule has 0 aliphatic carbocycles. The highest BCUT2D eigenvalue weighted by Crippen LogP contribution is 2.67. The first-order valence-corrected chi connectivity index (χ1v) is 51.6. The number of nitrogens with two attached hydrogens (primary N) is 1. The summed E-state index contributed by atoms with van der Waals surface area (Å²) in [7, 11) is -33.2. The molecule has 3 saturated heterocycles. The van der Waals surface area contributed by atoms with Crippen LogP contribution in [-0.2, 0) is 186 Å². The van der Waals surface area contributed by atoms with Crippen LogP contribution in [0.5, 0.6) is 0 Å². The molecule has 4 unspecified atom stereocenters. The van der Waals surface area contributed by atoms with Crippen LogP contribution < -0.4 is 22.2 Å². The number of hydrogen-bond donors (Lipinski definition) is 12. The van der Waals surface area contributed by atoms with Crippen molar-refractivity contribution in [3.8, 4) is 0 Å². The minimum absolute atomic E-state index is 0.0741. The summed E-state index contributed by atoms with van der Waals surface area (Å²) in [5.41, 5.74) is 5.50. The maximum absolute atomic E-state index is 12.8. The third-order valence-corrected chi connectivity index (χ3v) is 24.9. The van der Waals surface area contributed by atoms with Crippen LogP contribution in [0.3, 0.4) is 0 Å². The van der Waals surface area contributed by atoms with Gasteiger partial charge in [0.1, 0.15) is 36.2 Å². The van der Waals surface area contributed by atoms with Crippen molar-refractivity contribution in [3.63, 3.8) is 0 Å². The maximum Gasteiger partial charge on any atom is 0.490 e. The van der Waals surface area contributed by atoms with Crippen molar-refractivity contribution >= 4 is 82.2 Å². The number of ketones is 2. The molecule has 0 spiro atoms. The predicted octanol–water partition coefficient (Wildman–Crippen LogP) is 1.69. The lowest BCUT2D eigenvalue weighted by atomic mass is 10.2. The number of phosphoric ester groups is 2. The van der Waals surface area contributed by atoms with Crippen LogP contribution in [0.1, 0.15) is 127 Å². The van der Waals surface area contributed by atoms with Gasteiger partial charge in [0, 0.05) is 115 Å². The van der Waals surface area contributed by atoms with Crippen LogP contribution >= 0.6 is 46.9 Å². The summed E-state index contributed by atoms with van der Waals surface area (Å²) in [4.78, 5) is 170. The van der Waals surface area contributed by atoms with E-state index in [0.29, 0.717) is 266 Å². The molecule has 3 aliphatic rings. The second kappa shape index (κ2) is 71.7. The number of pyridine rings is 2. The zero-order chi connectivity index (χ0) is 99.0. The summed E-state index contributed by atoms with van der Waals surface area (Å²) in [5, 5.41) is 23.6. The third-order valence-electron chi connectivity index (χ3n) is 17.3. The Morgan fingerprint density at radius 3 is 0.963 bits per heavy atom. The number of rotatable bonds is 80. The number of carbonyl (C=O) groups is 6. The monoisotopic (exact) mass is 2060 g/mol. The van der Waals surface area contributed by atoms with Gasteiger partial charge in [-0.15, -0.1) is 5.06 Å². The Labute approximate surface area is 773 Å². The first-order chi connectivity index (χ1) is 63.7. The van der Waals surface area contributed by atoms with E-state index in [1.54, 1.807) is 26.0 Å². The topological polar surface area (TPSA) is 723 Å². The minimum Gasteiger partial charge on any atom is -0.390 e. The van der Waals surface area contributed by atoms with E-state index in [1.165, 1.54) is 24.5 Å². The summed E-state index contributed by atoms with van der Waals surface area (Å²) in [6, 6.07) is 5.65. The quantitative estimate of drug-likeness (QED) is 0.0255. The van der Waals surface area contributed by atoms with Crippen molar-refractivity contribution in [2.24, 2.45) is 5.73 Å².